The van der Waals surface area contributed by atoms with Crippen LogP contribution in [0.4, 0.5) is 0 Å². The summed E-state index contributed by atoms with van der Waals surface area (Å²) in [4.78, 5) is 10.8. The van der Waals surface area contributed by atoms with Gasteiger partial charge in [0, 0.05) is 45.0 Å². The Balaban J connectivity index is 2.30. The van der Waals surface area contributed by atoms with E-state index in [2.05, 4.69) is 53.2 Å². The van der Waals surface area contributed by atoms with E-state index in [0.717, 1.165) is 31.0 Å². The van der Waals surface area contributed by atoms with Gasteiger partial charge in [0.1, 0.15) is 5.15 Å². The number of hydrogen-bond acceptors (Lipinski definition) is 3. The molecular formula is C17H30ClN5. The van der Waals surface area contributed by atoms with Crippen molar-refractivity contribution in [2.75, 3.05) is 20.1 Å². The molecule has 130 valence electrons. The molecule has 0 aliphatic carbocycles. The van der Waals surface area contributed by atoms with E-state index in [9.17, 15) is 0 Å². The molecular weight excluding hydrogens is 310 g/mol. The third kappa shape index (κ3) is 7.66. The minimum Gasteiger partial charge on any atom is -0.356 e. The third-order valence-corrected chi connectivity index (χ3v) is 3.91. The quantitative estimate of drug-likeness (QED) is 0.331. The fourth-order valence-electron chi connectivity index (χ4n) is 2.50. The Bertz CT molecular complexity index is 462. The van der Waals surface area contributed by atoms with E-state index in [1.165, 1.54) is 0 Å². The van der Waals surface area contributed by atoms with Crippen LogP contribution in [0.1, 0.15) is 39.7 Å². The Morgan fingerprint density at radius 1 is 1.22 bits per heavy atom. The molecule has 0 saturated carbocycles. The van der Waals surface area contributed by atoms with Gasteiger partial charge in [0.25, 0.3) is 0 Å². The number of rotatable bonds is 8. The molecule has 0 bridgehead atoms. The van der Waals surface area contributed by atoms with Gasteiger partial charge in [0.2, 0.25) is 0 Å². The molecule has 1 aromatic heterocycles. The lowest BCUT2D eigenvalue weighted by Crippen LogP contribution is -2.41. The van der Waals surface area contributed by atoms with Crippen LogP contribution in [0.3, 0.4) is 0 Å². The lowest BCUT2D eigenvalue weighted by Gasteiger charge is -2.30. The second-order valence-electron chi connectivity index (χ2n) is 6.12. The highest BCUT2D eigenvalue weighted by atomic mass is 35.5. The minimum absolute atomic E-state index is 0.510. The lowest BCUT2D eigenvalue weighted by molar-refractivity contribution is 0.173. The first-order valence-electron chi connectivity index (χ1n) is 8.24. The molecule has 0 atom stereocenters. The Hall–Kier alpha value is -1.33. The summed E-state index contributed by atoms with van der Waals surface area (Å²) in [5.41, 5.74) is 1.07. The van der Waals surface area contributed by atoms with Crippen molar-refractivity contribution in [3.63, 3.8) is 0 Å². The number of aliphatic imine (C=N–C) groups is 1. The first-order valence-corrected chi connectivity index (χ1v) is 8.62. The zero-order valence-corrected chi connectivity index (χ0v) is 15.7. The summed E-state index contributed by atoms with van der Waals surface area (Å²) in [6.07, 6.45) is 2.85. The molecule has 6 heteroatoms. The van der Waals surface area contributed by atoms with E-state index >= 15 is 0 Å². The molecule has 0 fully saturated rings. The molecule has 0 aliphatic heterocycles. The molecule has 0 aliphatic rings. The number of aromatic nitrogens is 1. The minimum atomic E-state index is 0.510. The van der Waals surface area contributed by atoms with Gasteiger partial charge in [0.05, 0.1) is 0 Å². The van der Waals surface area contributed by atoms with E-state index < -0.39 is 0 Å². The van der Waals surface area contributed by atoms with Gasteiger partial charge in [-0.05, 0) is 45.7 Å². The molecule has 0 radical (unpaired) electrons. The third-order valence-electron chi connectivity index (χ3n) is 3.68. The van der Waals surface area contributed by atoms with E-state index in [4.69, 9.17) is 11.6 Å². The lowest BCUT2D eigenvalue weighted by atomic mass is 10.2. The number of halogens is 1. The zero-order valence-electron chi connectivity index (χ0n) is 14.9. The molecule has 0 saturated heterocycles. The van der Waals surface area contributed by atoms with Crippen LogP contribution in [0.5, 0.6) is 0 Å². The number of pyridine rings is 1. The van der Waals surface area contributed by atoms with Gasteiger partial charge in [-0.25, -0.2) is 4.98 Å². The Kier molecular flexibility index (Phi) is 8.95. The standard InChI is InChI=1S/C17H30ClN5/c1-13(2)23(14(3)4)10-6-9-20-17(19-5)22-12-15-7-8-16(18)21-11-15/h7-8,11,13-14H,6,9-10,12H2,1-5H3,(H2,19,20,22). The summed E-state index contributed by atoms with van der Waals surface area (Å²) >= 11 is 5.78. The second kappa shape index (κ2) is 10.4. The van der Waals surface area contributed by atoms with Gasteiger partial charge in [-0.15, -0.1) is 0 Å². The Morgan fingerprint density at radius 3 is 2.43 bits per heavy atom. The molecule has 0 spiro atoms. The van der Waals surface area contributed by atoms with E-state index in [1.807, 2.05) is 6.07 Å². The van der Waals surface area contributed by atoms with Crippen molar-refractivity contribution in [1.29, 1.82) is 0 Å². The predicted molar refractivity (Wildman–Crippen MR) is 99.0 cm³/mol. The fraction of sp³-hybridized carbons (Fsp3) is 0.647. The van der Waals surface area contributed by atoms with Crippen molar-refractivity contribution >= 4 is 17.6 Å². The zero-order chi connectivity index (χ0) is 17.2. The number of nitrogens with one attached hydrogen (secondary N) is 2. The van der Waals surface area contributed by atoms with Crippen molar-refractivity contribution in [3.8, 4) is 0 Å². The largest absolute Gasteiger partial charge is 0.356 e. The van der Waals surface area contributed by atoms with Gasteiger partial charge in [-0.1, -0.05) is 17.7 Å². The van der Waals surface area contributed by atoms with Crippen molar-refractivity contribution in [1.82, 2.24) is 20.5 Å². The van der Waals surface area contributed by atoms with Crippen LogP contribution in [-0.2, 0) is 6.54 Å². The Morgan fingerprint density at radius 2 is 1.91 bits per heavy atom. The molecule has 2 N–H and O–H groups in total. The monoisotopic (exact) mass is 339 g/mol. The molecule has 5 nitrogen and oxygen atoms in total. The average Bonchev–Trinajstić information content (AvgIpc) is 2.50. The van der Waals surface area contributed by atoms with E-state index in [1.54, 1.807) is 19.3 Å². The first-order chi connectivity index (χ1) is 10.9. The van der Waals surface area contributed by atoms with E-state index in [-0.39, 0.29) is 0 Å². The van der Waals surface area contributed by atoms with Crippen LogP contribution in [0, 0.1) is 0 Å². The smallest absolute Gasteiger partial charge is 0.191 e. The van der Waals surface area contributed by atoms with Crippen molar-refractivity contribution in [3.05, 3.63) is 29.0 Å². The second-order valence-corrected chi connectivity index (χ2v) is 6.51. The number of guanidine groups is 1. The highest BCUT2D eigenvalue weighted by molar-refractivity contribution is 6.29. The summed E-state index contributed by atoms with van der Waals surface area (Å²) in [6.45, 7) is 11.6. The summed E-state index contributed by atoms with van der Waals surface area (Å²) < 4.78 is 0. The van der Waals surface area contributed by atoms with Crippen molar-refractivity contribution in [2.45, 2.75) is 52.7 Å². The highest BCUT2D eigenvalue weighted by Gasteiger charge is 2.12. The van der Waals surface area contributed by atoms with Gasteiger partial charge in [0.15, 0.2) is 5.96 Å². The van der Waals surface area contributed by atoms with Gasteiger partial charge in [-0.2, -0.15) is 0 Å². The van der Waals surface area contributed by atoms with Crippen molar-refractivity contribution < 1.29 is 0 Å². The van der Waals surface area contributed by atoms with Crippen LogP contribution in [0.25, 0.3) is 0 Å². The maximum Gasteiger partial charge on any atom is 0.191 e. The molecule has 1 rings (SSSR count). The molecule has 0 unspecified atom stereocenters. The molecule has 23 heavy (non-hydrogen) atoms. The summed E-state index contributed by atoms with van der Waals surface area (Å²) in [5.74, 6) is 0.806. The van der Waals surface area contributed by atoms with E-state index in [0.29, 0.717) is 23.8 Å². The number of hydrogen-bond donors (Lipinski definition) is 2. The number of nitrogens with zero attached hydrogens (tertiary/aromatic N) is 3. The topological polar surface area (TPSA) is 52.6 Å². The Labute approximate surface area is 145 Å². The molecule has 0 aromatic carbocycles. The highest BCUT2D eigenvalue weighted by Crippen LogP contribution is 2.06. The predicted octanol–water partition coefficient (Wildman–Crippen LogP) is 2.91. The SMILES string of the molecule is CN=C(NCCCN(C(C)C)C(C)C)NCc1ccc(Cl)nc1. The van der Waals surface area contributed by atoms with Gasteiger partial charge in [-0.3, -0.25) is 9.89 Å². The summed E-state index contributed by atoms with van der Waals surface area (Å²) in [5, 5.41) is 7.14. The average molecular weight is 340 g/mol. The first kappa shape index (κ1) is 19.7. The molecule has 1 heterocycles. The molecule has 0 amide bonds. The molecule has 1 aromatic rings. The fourth-order valence-corrected chi connectivity index (χ4v) is 2.61. The van der Waals surface area contributed by atoms with Crippen molar-refractivity contribution in [2.24, 2.45) is 4.99 Å². The van der Waals surface area contributed by atoms with Crippen LogP contribution in [0.2, 0.25) is 5.15 Å². The summed E-state index contributed by atoms with van der Waals surface area (Å²) in [7, 11) is 1.78. The van der Waals surface area contributed by atoms with Crippen LogP contribution in [0.15, 0.2) is 23.3 Å². The van der Waals surface area contributed by atoms with Gasteiger partial charge >= 0.3 is 0 Å². The van der Waals surface area contributed by atoms with Crippen LogP contribution < -0.4 is 10.6 Å². The van der Waals surface area contributed by atoms with Gasteiger partial charge < -0.3 is 10.6 Å². The van der Waals surface area contributed by atoms with Crippen LogP contribution >= 0.6 is 11.6 Å². The summed E-state index contributed by atoms with van der Waals surface area (Å²) in [6, 6.07) is 4.90. The van der Waals surface area contributed by atoms with Crippen LogP contribution in [-0.4, -0.2) is 48.1 Å². The maximum atomic E-state index is 5.78. The normalized spacial score (nSPS) is 12.3. The maximum absolute atomic E-state index is 5.78.